The topological polar surface area (TPSA) is 59.3 Å². The van der Waals surface area contributed by atoms with Crippen molar-refractivity contribution >= 4 is 5.78 Å². The molecule has 4 heteroatoms. The number of unbranched alkanes of at least 4 members (excludes halogenated alkanes) is 2. The van der Waals surface area contributed by atoms with Crippen LogP contribution in [0.4, 0.5) is 0 Å². The molecule has 1 heterocycles. The van der Waals surface area contributed by atoms with E-state index in [4.69, 9.17) is 14.7 Å². The first-order valence-electron chi connectivity index (χ1n) is 6.88. The maximum Gasteiger partial charge on any atom is 0.170 e. The van der Waals surface area contributed by atoms with E-state index in [0.717, 1.165) is 12.8 Å². The number of fused-ring (bicyclic) bond motifs is 1. The highest BCUT2D eigenvalue weighted by Gasteiger charge is 2.32. The number of rotatable bonds is 5. The zero-order chi connectivity index (χ0) is 14.6. The molecule has 0 bridgehead atoms. The van der Waals surface area contributed by atoms with E-state index in [0.29, 0.717) is 36.5 Å². The molecule has 20 heavy (non-hydrogen) atoms. The highest BCUT2D eigenvalue weighted by molar-refractivity contribution is 6.00. The second kappa shape index (κ2) is 5.96. The lowest BCUT2D eigenvalue weighted by Crippen LogP contribution is -2.35. The first-order valence-corrected chi connectivity index (χ1v) is 6.88. The molecule has 1 aromatic rings. The molecule has 0 spiro atoms. The van der Waals surface area contributed by atoms with Gasteiger partial charge < -0.3 is 9.47 Å². The molecule has 4 nitrogen and oxygen atoms in total. The molecule has 0 fully saturated rings. The Labute approximate surface area is 119 Å². The van der Waals surface area contributed by atoms with Crippen molar-refractivity contribution in [2.75, 3.05) is 6.61 Å². The van der Waals surface area contributed by atoms with Crippen LogP contribution in [-0.2, 0) is 0 Å². The van der Waals surface area contributed by atoms with Gasteiger partial charge in [-0.2, -0.15) is 5.26 Å². The Morgan fingerprint density at radius 3 is 2.95 bits per heavy atom. The fourth-order valence-electron chi connectivity index (χ4n) is 2.22. The van der Waals surface area contributed by atoms with E-state index in [1.165, 1.54) is 0 Å². The van der Waals surface area contributed by atoms with Crippen LogP contribution in [0, 0.1) is 11.3 Å². The molecule has 1 aliphatic rings. The number of hydrogen-bond acceptors (Lipinski definition) is 4. The monoisotopic (exact) mass is 273 g/mol. The number of nitriles is 1. The Hall–Kier alpha value is -2.02. The van der Waals surface area contributed by atoms with Crippen LogP contribution in [0.25, 0.3) is 0 Å². The first kappa shape index (κ1) is 14.4. The zero-order valence-electron chi connectivity index (χ0n) is 11.9. The van der Waals surface area contributed by atoms with Gasteiger partial charge in [-0.1, -0.05) is 0 Å². The van der Waals surface area contributed by atoms with E-state index in [-0.39, 0.29) is 5.78 Å². The lowest BCUT2D eigenvalue weighted by molar-refractivity contribution is 0.0618. The molecule has 0 radical (unpaired) electrons. The maximum atomic E-state index is 12.0. The van der Waals surface area contributed by atoms with E-state index in [2.05, 4.69) is 6.07 Å². The number of carbonyl (C=O) groups is 1. The van der Waals surface area contributed by atoms with E-state index < -0.39 is 5.60 Å². The highest BCUT2D eigenvalue weighted by Crippen LogP contribution is 2.35. The predicted octanol–water partition coefficient (Wildman–Crippen LogP) is 3.50. The number of hydrogen-bond donors (Lipinski definition) is 0. The van der Waals surface area contributed by atoms with Crippen molar-refractivity contribution in [3.63, 3.8) is 0 Å². The summed E-state index contributed by atoms with van der Waals surface area (Å²) in [5.74, 6) is 1.41. The number of benzene rings is 1. The minimum Gasteiger partial charge on any atom is -0.493 e. The van der Waals surface area contributed by atoms with Gasteiger partial charge in [-0.05, 0) is 38.8 Å². The van der Waals surface area contributed by atoms with Gasteiger partial charge in [0.15, 0.2) is 5.78 Å². The van der Waals surface area contributed by atoms with Crippen molar-refractivity contribution in [1.82, 2.24) is 0 Å². The van der Waals surface area contributed by atoms with Gasteiger partial charge >= 0.3 is 0 Å². The van der Waals surface area contributed by atoms with E-state index in [9.17, 15) is 4.79 Å². The molecule has 106 valence electrons. The zero-order valence-corrected chi connectivity index (χ0v) is 11.9. The number of ether oxygens (including phenoxy) is 2. The van der Waals surface area contributed by atoms with Gasteiger partial charge in [0.05, 0.1) is 24.7 Å². The van der Waals surface area contributed by atoms with Gasteiger partial charge in [-0.25, -0.2) is 0 Å². The Balaban J connectivity index is 2.01. The summed E-state index contributed by atoms with van der Waals surface area (Å²) in [7, 11) is 0. The Morgan fingerprint density at radius 2 is 2.20 bits per heavy atom. The van der Waals surface area contributed by atoms with Crippen molar-refractivity contribution in [2.24, 2.45) is 0 Å². The molecule has 0 unspecified atom stereocenters. The van der Waals surface area contributed by atoms with Crippen LogP contribution in [0.3, 0.4) is 0 Å². The molecule has 0 N–H and O–H groups in total. The summed E-state index contributed by atoms with van der Waals surface area (Å²) >= 11 is 0. The van der Waals surface area contributed by atoms with Gasteiger partial charge in [0.1, 0.15) is 17.1 Å². The third-order valence-electron chi connectivity index (χ3n) is 3.18. The SMILES string of the molecule is CC1(C)CC(=O)c2ccc(OCCCCC#N)cc2O1. The molecular formula is C16H19NO3. The minimum atomic E-state index is -0.463. The van der Waals surface area contributed by atoms with Crippen molar-refractivity contribution in [3.8, 4) is 17.6 Å². The number of Topliss-reactive ketones (excluding diaryl/α,β-unsaturated/α-hetero) is 1. The number of nitrogens with zero attached hydrogens (tertiary/aromatic N) is 1. The van der Waals surface area contributed by atoms with Crippen LogP contribution >= 0.6 is 0 Å². The molecular weight excluding hydrogens is 254 g/mol. The molecule has 0 amide bonds. The molecule has 0 atom stereocenters. The summed E-state index contributed by atoms with van der Waals surface area (Å²) in [6.45, 7) is 4.38. The molecule has 2 rings (SSSR count). The largest absolute Gasteiger partial charge is 0.493 e. The fourth-order valence-corrected chi connectivity index (χ4v) is 2.22. The third kappa shape index (κ3) is 3.51. The van der Waals surface area contributed by atoms with Gasteiger partial charge in [0, 0.05) is 12.5 Å². The smallest absolute Gasteiger partial charge is 0.170 e. The Kier molecular flexibility index (Phi) is 4.29. The van der Waals surface area contributed by atoms with Crippen LogP contribution < -0.4 is 9.47 Å². The molecule has 1 aromatic carbocycles. The summed E-state index contributed by atoms with van der Waals surface area (Å²) in [6.07, 6.45) is 2.63. The van der Waals surface area contributed by atoms with Crippen LogP contribution in [-0.4, -0.2) is 18.0 Å². The van der Waals surface area contributed by atoms with E-state index in [1.54, 1.807) is 18.2 Å². The van der Waals surface area contributed by atoms with Crippen molar-refractivity contribution < 1.29 is 14.3 Å². The molecule has 0 aliphatic carbocycles. The Morgan fingerprint density at radius 1 is 1.40 bits per heavy atom. The summed E-state index contributed by atoms with van der Waals surface area (Å²) in [5, 5.41) is 8.45. The van der Waals surface area contributed by atoms with Crippen LogP contribution in [0.1, 0.15) is 49.9 Å². The van der Waals surface area contributed by atoms with Crippen molar-refractivity contribution in [1.29, 1.82) is 5.26 Å². The van der Waals surface area contributed by atoms with E-state index in [1.807, 2.05) is 13.8 Å². The lowest BCUT2D eigenvalue weighted by Gasteiger charge is -2.31. The summed E-state index contributed by atoms with van der Waals surface area (Å²) in [5.41, 5.74) is 0.163. The average Bonchev–Trinajstić information content (AvgIpc) is 2.36. The fraction of sp³-hybridized carbons (Fsp3) is 0.500. The minimum absolute atomic E-state index is 0.108. The van der Waals surface area contributed by atoms with Crippen LogP contribution in [0.15, 0.2) is 18.2 Å². The molecule has 0 saturated heterocycles. The molecule has 0 saturated carbocycles. The standard InChI is InChI=1S/C16H19NO3/c1-16(2)11-14(18)13-7-6-12(10-15(13)20-16)19-9-5-3-4-8-17/h6-7,10H,3-5,9,11H2,1-2H3. The van der Waals surface area contributed by atoms with Gasteiger partial charge in [-0.15, -0.1) is 0 Å². The summed E-state index contributed by atoms with van der Waals surface area (Å²) in [6, 6.07) is 7.44. The van der Waals surface area contributed by atoms with Gasteiger partial charge in [-0.3, -0.25) is 4.79 Å². The van der Waals surface area contributed by atoms with Crippen LogP contribution in [0.2, 0.25) is 0 Å². The quantitative estimate of drug-likeness (QED) is 0.770. The average molecular weight is 273 g/mol. The number of ketones is 1. The van der Waals surface area contributed by atoms with Gasteiger partial charge in [0.2, 0.25) is 0 Å². The van der Waals surface area contributed by atoms with E-state index >= 15 is 0 Å². The maximum absolute atomic E-state index is 12.0. The Bertz CT molecular complexity index is 543. The normalized spacial score (nSPS) is 15.9. The molecule has 0 aromatic heterocycles. The first-order chi connectivity index (χ1) is 9.52. The van der Waals surface area contributed by atoms with Crippen molar-refractivity contribution in [3.05, 3.63) is 23.8 Å². The van der Waals surface area contributed by atoms with Crippen molar-refractivity contribution in [2.45, 2.75) is 45.1 Å². The number of carbonyl (C=O) groups excluding carboxylic acids is 1. The second-order valence-electron chi connectivity index (χ2n) is 5.58. The second-order valence-corrected chi connectivity index (χ2v) is 5.58. The summed E-state index contributed by atoms with van der Waals surface area (Å²) < 4.78 is 11.5. The molecule has 1 aliphatic heterocycles. The lowest BCUT2D eigenvalue weighted by atomic mass is 9.93. The third-order valence-corrected chi connectivity index (χ3v) is 3.18. The van der Waals surface area contributed by atoms with Crippen LogP contribution in [0.5, 0.6) is 11.5 Å². The summed E-state index contributed by atoms with van der Waals surface area (Å²) in [4.78, 5) is 12.0. The predicted molar refractivity (Wildman–Crippen MR) is 75.1 cm³/mol. The highest BCUT2D eigenvalue weighted by atomic mass is 16.5. The van der Waals surface area contributed by atoms with Gasteiger partial charge in [0.25, 0.3) is 0 Å².